The Morgan fingerprint density at radius 1 is 1.25 bits per heavy atom. The summed E-state index contributed by atoms with van der Waals surface area (Å²) in [5, 5.41) is 3.53. The monoisotopic (exact) mass is 343 g/mol. The SMILES string of the molecule is CCCOCCC(Cc1ccc(OC)c(Br)c1)NCC. The van der Waals surface area contributed by atoms with E-state index in [1.54, 1.807) is 7.11 Å². The standard InChI is InChI=1S/C16H26BrNO2/c1-4-9-20-10-8-14(18-5-2)11-13-6-7-16(19-3)15(17)12-13/h6-7,12,14,18H,4-5,8-11H2,1-3H3. The van der Waals surface area contributed by atoms with E-state index in [0.29, 0.717) is 6.04 Å². The largest absolute Gasteiger partial charge is 0.496 e. The van der Waals surface area contributed by atoms with Crippen LogP contribution in [0.15, 0.2) is 22.7 Å². The predicted octanol–water partition coefficient (Wildman–Crippen LogP) is 3.80. The summed E-state index contributed by atoms with van der Waals surface area (Å²) in [6, 6.07) is 6.73. The van der Waals surface area contributed by atoms with Gasteiger partial charge in [-0.2, -0.15) is 0 Å². The van der Waals surface area contributed by atoms with Gasteiger partial charge in [0.25, 0.3) is 0 Å². The maximum atomic E-state index is 5.59. The second-order valence-electron chi connectivity index (χ2n) is 4.83. The van der Waals surface area contributed by atoms with Gasteiger partial charge in [-0.1, -0.05) is 19.9 Å². The Hall–Kier alpha value is -0.580. The Morgan fingerprint density at radius 2 is 2.05 bits per heavy atom. The summed E-state index contributed by atoms with van der Waals surface area (Å²) in [5.41, 5.74) is 1.30. The minimum Gasteiger partial charge on any atom is -0.496 e. The first kappa shape index (κ1) is 17.5. The first-order valence-electron chi connectivity index (χ1n) is 7.34. The molecule has 0 fully saturated rings. The van der Waals surface area contributed by atoms with Crippen molar-refractivity contribution < 1.29 is 9.47 Å². The molecule has 0 bridgehead atoms. The molecule has 1 atom stereocenters. The fourth-order valence-corrected chi connectivity index (χ4v) is 2.75. The molecule has 0 amide bonds. The first-order valence-corrected chi connectivity index (χ1v) is 8.14. The van der Waals surface area contributed by atoms with E-state index in [1.165, 1.54) is 5.56 Å². The number of ether oxygens (including phenoxy) is 2. The number of rotatable bonds is 10. The van der Waals surface area contributed by atoms with Gasteiger partial charge in [0.05, 0.1) is 11.6 Å². The summed E-state index contributed by atoms with van der Waals surface area (Å²) in [7, 11) is 1.69. The molecule has 1 aromatic rings. The van der Waals surface area contributed by atoms with Crippen LogP contribution in [0.3, 0.4) is 0 Å². The zero-order valence-corrected chi connectivity index (χ0v) is 14.3. The molecule has 0 spiro atoms. The molecule has 4 heteroatoms. The molecule has 0 heterocycles. The van der Waals surface area contributed by atoms with Crippen molar-refractivity contribution in [3.05, 3.63) is 28.2 Å². The minimum atomic E-state index is 0.456. The fourth-order valence-electron chi connectivity index (χ4n) is 2.16. The van der Waals surface area contributed by atoms with Gasteiger partial charge in [0.1, 0.15) is 5.75 Å². The Labute approximate surface area is 131 Å². The van der Waals surface area contributed by atoms with Crippen molar-refractivity contribution in [2.24, 2.45) is 0 Å². The summed E-state index contributed by atoms with van der Waals surface area (Å²) in [4.78, 5) is 0. The summed E-state index contributed by atoms with van der Waals surface area (Å²) in [6.07, 6.45) is 3.13. The van der Waals surface area contributed by atoms with Crippen LogP contribution in [-0.4, -0.2) is 32.9 Å². The third kappa shape index (κ3) is 6.25. The van der Waals surface area contributed by atoms with Crippen LogP contribution in [0, 0.1) is 0 Å². The molecule has 3 nitrogen and oxygen atoms in total. The smallest absolute Gasteiger partial charge is 0.133 e. The number of halogens is 1. The molecule has 0 radical (unpaired) electrons. The molecule has 0 aliphatic heterocycles. The second kappa shape index (κ2) is 10.2. The molecule has 0 saturated carbocycles. The zero-order chi connectivity index (χ0) is 14.8. The normalized spacial score (nSPS) is 12.4. The highest BCUT2D eigenvalue weighted by Gasteiger charge is 2.10. The van der Waals surface area contributed by atoms with E-state index in [2.05, 4.69) is 47.2 Å². The summed E-state index contributed by atoms with van der Waals surface area (Å²) in [5.74, 6) is 0.875. The van der Waals surface area contributed by atoms with E-state index >= 15 is 0 Å². The molecular weight excluding hydrogens is 318 g/mol. The van der Waals surface area contributed by atoms with E-state index < -0.39 is 0 Å². The van der Waals surface area contributed by atoms with Crippen molar-refractivity contribution in [2.45, 2.75) is 39.2 Å². The lowest BCUT2D eigenvalue weighted by atomic mass is 10.0. The molecule has 0 aliphatic carbocycles. The Morgan fingerprint density at radius 3 is 2.65 bits per heavy atom. The minimum absolute atomic E-state index is 0.456. The van der Waals surface area contributed by atoms with Crippen molar-refractivity contribution in [1.29, 1.82) is 0 Å². The summed E-state index contributed by atoms with van der Waals surface area (Å²) < 4.78 is 11.9. The molecule has 1 aromatic carbocycles. The van der Waals surface area contributed by atoms with Crippen molar-refractivity contribution in [3.63, 3.8) is 0 Å². The first-order chi connectivity index (χ1) is 9.71. The van der Waals surface area contributed by atoms with Crippen LogP contribution in [0.25, 0.3) is 0 Å². The molecular formula is C16H26BrNO2. The number of benzene rings is 1. The molecule has 1 N–H and O–H groups in total. The summed E-state index contributed by atoms with van der Waals surface area (Å²) in [6.45, 7) is 6.94. The summed E-state index contributed by atoms with van der Waals surface area (Å²) >= 11 is 3.54. The third-order valence-electron chi connectivity index (χ3n) is 3.15. The van der Waals surface area contributed by atoms with Crippen LogP contribution < -0.4 is 10.1 Å². The van der Waals surface area contributed by atoms with E-state index in [1.807, 2.05) is 6.07 Å². The average molecular weight is 344 g/mol. The number of hydrogen-bond donors (Lipinski definition) is 1. The molecule has 0 aromatic heterocycles. The van der Waals surface area contributed by atoms with Gasteiger partial charge in [-0.25, -0.2) is 0 Å². The van der Waals surface area contributed by atoms with Gasteiger partial charge >= 0.3 is 0 Å². The Kier molecular flexibility index (Phi) is 8.90. The van der Waals surface area contributed by atoms with Crippen LogP contribution in [-0.2, 0) is 11.2 Å². The number of nitrogens with one attached hydrogen (secondary N) is 1. The highest BCUT2D eigenvalue weighted by molar-refractivity contribution is 9.10. The van der Waals surface area contributed by atoms with E-state index in [0.717, 1.165) is 49.2 Å². The van der Waals surface area contributed by atoms with Gasteiger partial charge in [-0.15, -0.1) is 0 Å². The topological polar surface area (TPSA) is 30.5 Å². The Bertz CT molecular complexity index is 385. The van der Waals surface area contributed by atoms with Crippen LogP contribution in [0.2, 0.25) is 0 Å². The van der Waals surface area contributed by atoms with Gasteiger partial charge in [0, 0.05) is 19.3 Å². The van der Waals surface area contributed by atoms with Crippen LogP contribution in [0.5, 0.6) is 5.75 Å². The molecule has 0 aliphatic rings. The quantitative estimate of drug-likeness (QED) is 0.655. The molecule has 114 valence electrons. The lowest BCUT2D eigenvalue weighted by molar-refractivity contribution is 0.124. The van der Waals surface area contributed by atoms with Crippen LogP contribution in [0.1, 0.15) is 32.3 Å². The van der Waals surface area contributed by atoms with Gasteiger partial charge in [-0.3, -0.25) is 0 Å². The van der Waals surface area contributed by atoms with Gasteiger partial charge in [-0.05, 0) is 59.4 Å². The molecule has 1 unspecified atom stereocenters. The van der Waals surface area contributed by atoms with Crippen molar-refractivity contribution in [1.82, 2.24) is 5.32 Å². The van der Waals surface area contributed by atoms with Gasteiger partial charge < -0.3 is 14.8 Å². The van der Waals surface area contributed by atoms with E-state index in [-0.39, 0.29) is 0 Å². The highest BCUT2D eigenvalue weighted by Crippen LogP contribution is 2.26. The maximum absolute atomic E-state index is 5.59. The maximum Gasteiger partial charge on any atom is 0.133 e. The lowest BCUT2D eigenvalue weighted by Crippen LogP contribution is -2.32. The number of methoxy groups -OCH3 is 1. The van der Waals surface area contributed by atoms with E-state index in [4.69, 9.17) is 9.47 Å². The number of hydrogen-bond acceptors (Lipinski definition) is 3. The van der Waals surface area contributed by atoms with Gasteiger partial charge in [0.2, 0.25) is 0 Å². The molecule has 20 heavy (non-hydrogen) atoms. The average Bonchev–Trinajstić information content (AvgIpc) is 2.44. The van der Waals surface area contributed by atoms with Crippen LogP contribution in [0.4, 0.5) is 0 Å². The second-order valence-corrected chi connectivity index (χ2v) is 5.68. The zero-order valence-electron chi connectivity index (χ0n) is 12.7. The lowest BCUT2D eigenvalue weighted by Gasteiger charge is -2.18. The number of likely N-dealkylation sites (N-methyl/N-ethyl adjacent to an activating group) is 1. The van der Waals surface area contributed by atoms with Crippen molar-refractivity contribution in [2.75, 3.05) is 26.9 Å². The fraction of sp³-hybridized carbons (Fsp3) is 0.625. The third-order valence-corrected chi connectivity index (χ3v) is 3.77. The van der Waals surface area contributed by atoms with Gasteiger partial charge in [0.15, 0.2) is 0 Å². The predicted molar refractivity (Wildman–Crippen MR) is 87.6 cm³/mol. The molecule has 1 rings (SSSR count). The van der Waals surface area contributed by atoms with Crippen molar-refractivity contribution >= 4 is 15.9 Å². The van der Waals surface area contributed by atoms with Crippen LogP contribution >= 0.6 is 15.9 Å². The van der Waals surface area contributed by atoms with E-state index in [9.17, 15) is 0 Å². The Balaban J connectivity index is 2.53. The van der Waals surface area contributed by atoms with Crippen molar-refractivity contribution in [3.8, 4) is 5.75 Å². The highest BCUT2D eigenvalue weighted by atomic mass is 79.9. The molecule has 0 saturated heterocycles.